The predicted octanol–water partition coefficient (Wildman–Crippen LogP) is 3.99. The fraction of sp³-hybridized carbons (Fsp3) is 0.231. The van der Waals surface area contributed by atoms with Gasteiger partial charge < -0.3 is 14.9 Å². The third-order valence-corrected chi connectivity index (χ3v) is 8.15. The smallest absolute Gasteiger partial charge is 0.267 e. The van der Waals surface area contributed by atoms with Crippen LogP contribution in [0.4, 0.5) is 0 Å². The number of methoxy groups -OCH3 is 1. The number of benzene rings is 2. The van der Waals surface area contributed by atoms with Crippen molar-refractivity contribution in [3.05, 3.63) is 68.8 Å². The summed E-state index contributed by atoms with van der Waals surface area (Å²) in [6, 6.07) is 11.2. The van der Waals surface area contributed by atoms with Crippen molar-refractivity contribution in [2.24, 2.45) is 5.10 Å². The third-order valence-electron chi connectivity index (χ3n) is 6.03. The van der Waals surface area contributed by atoms with E-state index in [0.29, 0.717) is 32.4 Å². The molecule has 0 saturated heterocycles. The Hall–Kier alpha value is -3.83. The number of rotatable bonds is 7. The molecular weight excluding hydrogens is 512 g/mol. The van der Waals surface area contributed by atoms with Crippen LogP contribution in [0.3, 0.4) is 0 Å². The topological polar surface area (TPSA) is 126 Å². The average molecular weight is 537 g/mol. The molecule has 3 N–H and O–H groups in total. The van der Waals surface area contributed by atoms with Gasteiger partial charge >= 0.3 is 0 Å². The Kier molecular flexibility index (Phi) is 7.15. The second-order valence-electron chi connectivity index (χ2n) is 8.45. The van der Waals surface area contributed by atoms with E-state index in [1.807, 2.05) is 0 Å². The van der Waals surface area contributed by atoms with Gasteiger partial charge in [-0.15, -0.1) is 11.3 Å². The van der Waals surface area contributed by atoms with Crippen LogP contribution in [0.25, 0.3) is 15.9 Å². The molecule has 4 aromatic rings. The summed E-state index contributed by atoms with van der Waals surface area (Å²) in [7, 11) is 1.58. The van der Waals surface area contributed by atoms with Crippen LogP contribution in [-0.2, 0) is 17.6 Å². The van der Waals surface area contributed by atoms with Gasteiger partial charge in [-0.3, -0.25) is 14.2 Å². The molecule has 0 spiro atoms. The summed E-state index contributed by atoms with van der Waals surface area (Å²) in [5, 5.41) is 24.2. The van der Waals surface area contributed by atoms with Gasteiger partial charge in [0.1, 0.15) is 22.1 Å². The van der Waals surface area contributed by atoms with Crippen LogP contribution in [0.2, 0.25) is 0 Å². The zero-order valence-electron chi connectivity index (χ0n) is 19.9. The number of carbonyl (C=O) groups is 1. The SMILES string of the molecule is COc1ccc(-n2c(SCC(=O)N/N=C/c3ccc(O)cc3O)nc3sc4c(c3c2=O)CCCC4)cc1. The first kappa shape index (κ1) is 24.8. The molecule has 0 bridgehead atoms. The number of phenols is 2. The van der Waals surface area contributed by atoms with Crippen LogP contribution in [0.1, 0.15) is 28.8 Å². The summed E-state index contributed by atoms with van der Waals surface area (Å²) >= 11 is 2.71. The summed E-state index contributed by atoms with van der Waals surface area (Å²) in [5.74, 6) is 0.00418. The number of ether oxygens (including phenoxy) is 1. The molecule has 1 aliphatic carbocycles. The second kappa shape index (κ2) is 10.7. The lowest BCUT2D eigenvalue weighted by molar-refractivity contribution is -0.118. The number of nitrogens with zero attached hydrogens (tertiary/aromatic N) is 3. The van der Waals surface area contributed by atoms with Crippen molar-refractivity contribution < 1.29 is 19.7 Å². The molecule has 0 atom stereocenters. The molecule has 0 unspecified atom stereocenters. The Balaban J connectivity index is 1.42. The van der Waals surface area contributed by atoms with Gasteiger partial charge in [0, 0.05) is 16.5 Å². The molecule has 37 heavy (non-hydrogen) atoms. The molecule has 0 radical (unpaired) electrons. The summed E-state index contributed by atoms with van der Waals surface area (Å²) in [4.78, 5) is 33.0. The first-order valence-electron chi connectivity index (χ1n) is 11.6. The quantitative estimate of drug-likeness (QED) is 0.141. The molecule has 0 aliphatic heterocycles. The number of aromatic nitrogens is 2. The number of amides is 1. The summed E-state index contributed by atoms with van der Waals surface area (Å²) in [6.07, 6.45) is 5.28. The van der Waals surface area contributed by atoms with E-state index in [1.165, 1.54) is 29.3 Å². The molecule has 2 aromatic heterocycles. The van der Waals surface area contributed by atoms with E-state index in [9.17, 15) is 19.8 Å². The number of hydrogen-bond acceptors (Lipinski definition) is 9. The minimum Gasteiger partial charge on any atom is -0.508 e. The van der Waals surface area contributed by atoms with Crippen molar-refractivity contribution >= 4 is 45.4 Å². The molecule has 2 heterocycles. The number of carbonyl (C=O) groups excluding carboxylic acids is 1. The third kappa shape index (κ3) is 5.18. The number of thioether (sulfide) groups is 1. The van der Waals surface area contributed by atoms with Gasteiger partial charge in [-0.25, -0.2) is 10.4 Å². The van der Waals surface area contributed by atoms with Crippen molar-refractivity contribution in [2.45, 2.75) is 30.8 Å². The number of hydrogen-bond donors (Lipinski definition) is 3. The van der Waals surface area contributed by atoms with E-state index in [2.05, 4.69) is 10.5 Å². The highest BCUT2D eigenvalue weighted by molar-refractivity contribution is 7.99. The summed E-state index contributed by atoms with van der Waals surface area (Å²) < 4.78 is 6.81. The molecule has 0 fully saturated rings. The minimum absolute atomic E-state index is 0.0297. The normalized spacial score (nSPS) is 13.1. The Bertz CT molecular complexity index is 1560. The molecular formula is C26H24N4O5S2. The lowest BCUT2D eigenvalue weighted by Crippen LogP contribution is -2.24. The van der Waals surface area contributed by atoms with Crippen LogP contribution >= 0.6 is 23.1 Å². The van der Waals surface area contributed by atoms with Gasteiger partial charge in [-0.1, -0.05) is 11.8 Å². The molecule has 5 rings (SSSR count). The largest absolute Gasteiger partial charge is 0.508 e. The Morgan fingerprint density at radius 3 is 2.76 bits per heavy atom. The zero-order valence-corrected chi connectivity index (χ0v) is 21.6. The highest BCUT2D eigenvalue weighted by atomic mass is 32.2. The standard InChI is InChI=1S/C26H24N4O5S2/c1-35-18-10-7-16(8-11-18)30-25(34)23-19-4-2-3-5-21(19)37-24(23)28-26(30)36-14-22(33)29-27-13-15-6-9-17(31)12-20(15)32/h6-13,31-32H,2-5,14H2,1H3,(H,29,33)/b27-13+. The molecule has 190 valence electrons. The Morgan fingerprint density at radius 1 is 1.22 bits per heavy atom. The van der Waals surface area contributed by atoms with Gasteiger partial charge in [0.05, 0.1) is 30.2 Å². The molecule has 2 aromatic carbocycles. The monoisotopic (exact) mass is 536 g/mol. The molecule has 9 nitrogen and oxygen atoms in total. The lowest BCUT2D eigenvalue weighted by atomic mass is 9.97. The van der Waals surface area contributed by atoms with E-state index >= 15 is 0 Å². The van der Waals surface area contributed by atoms with Crippen LogP contribution < -0.4 is 15.7 Å². The fourth-order valence-electron chi connectivity index (χ4n) is 4.22. The molecule has 11 heteroatoms. The number of thiophene rings is 1. The fourth-order valence-corrected chi connectivity index (χ4v) is 6.33. The number of fused-ring (bicyclic) bond motifs is 3. The average Bonchev–Trinajstić information content (AvgIpc) is 3.27. The van der Waals surface area contributed by atoms with Crippen molar-refractivity contribution in [1.82, 2.24) is 15.0 Å². The first-order valence-corrected chi connectivity index (χ1v) is 13.4. The Morgan fingerprint density at radius 2 is 2.00 bits per heavy atom. The van der Waals surface area contributed by atoms with E-state index in [-0.39, 0.29) is 22.8 Å². The molecule has 0 saturated carbocycles. The van der Waals surface area contributed by atoms with E-state index in [4.69, 9.17) is 9.72 Å². The molecule has 1 aliphatic rings. The highest BCUT2D eigenvalue weighted by Crippen LogP contribution is 2.35. The Labute approximate surface area is 220 Å². The lowest BCUT2D eigenvalue weighted by Gasteiger charge is -2.14. The van der Waals surface area contributed by atoms with Gasteiger partial charge in [-0.05, 0) is 67.6 Å². The van der Waals surface area contributed by atoms with Gasteiger partial charge in [-0.2, -0.15) is 5.10 Å². The van der Waals surface area contributed by atoms with Gasteiger partial charge in [0.25, 0.3) is 11.5 Å². The van der Waals surface area contributed by atoms with Crippen molar-refractivity contribution in [3.63, 3.8) is 0 Å². The predicted molar refractivity (Wildman–Crippen MR) is 145 cm³/mol. The van der Waals surface area contributed by atoms with Crippen LogP contribution in [-0.4, -0.2) is 44.7 Å². The number of hydrazone groups is 1. The van der Waals surface area contributed by atoms with E-state index < -0.39 is 5.91 Å². The van der Waals surface area contributed by atoms with Gasteiger partial charge in [0.15, 0.2) is 5.16 Å². The number of phenolic OH excluding ortho intramolecular Hbond substituents is 2. The number of aryl methyl sites for hydroxylation is 2. The number of nitrogens with one attached hydrogen (secondary N) is 1. The maximum atomic E-state index is 13.8. The van der Waals surface area contributed by atoms with Crippen LogP contribution in [0, 0.1) is 0 Å². The highest BCUT2D eigenvalue weighted by Gasteiger charge is 2.23. The summed E-state index contributed by atoms with van der Waals surface area (Å²) in [6.45, 7) is 0. The second-order valence-corrected chi connectivity index (χ2v) is 10.5. The maximum absolute atomic E-state index is 13.8. The zero-order chi connectivity index (χ0) is 25.9. The van der Waals surface area contributed by atoms with Crippen molar-refractivity contribution in [2.75, 3.05) is 12.9 Å². The van der Waals surface area contributed by atoms with Crippen LogP contribution in [0.5, 0.6) is 17.2 Å². The minimum atomic E-state index is -0.402. The summed E-state index contributed by atoms with van der Waals surface area (Å²) in [5.41, 5.74) is 4.36. The van der Waals surface area contributed by atoms with Crippen molar-refractivity contribution in [1.29, 1.82) is 0 Å². The molecule has 1 amide bonds. The van der Waals surface area contributed by atoms with Crippen molar-refractivity contribution in [3.8, 4) is 22.9 Å². The maximum Gasteiger partial charge on any atom is 0.267 e. The number of aromatic hydroxyl groups is 2. The van der Waals surface area contributed by atoms with E-state index in [0.717, 1.165) is 43.0 Å². The van der Waals surface area contributed by atoms with Gasteiger partial charge in [0.2, 0.25) is 0 Å². The van der Waals surface area contributed by atoms with Crippen LogP contribution in [0.15, 0.2) is 57.5 Å². The van der Waals surface area contributed by atoms with E-state index in [1.54, 1.807) is 47.3 Å². The first-order chi connectivity index (χ1) is 17.9.